The van der Waals surface area contributed by atoms with E-state index < -0.39 is 9.28 Å². The third-order valence-corrected chi connectivity index (χ3v) is 5.49. The molecule has 0 N–H and O–H groups in total. The SMILES string of the molecule is CO[SiH](OC)C(C)CC1CCCCC1. The Kier molecular flexibility index (Phi) is 5.75. The molecular formula is C11H24O2Si. The van der Waals surface area contributed by atoms with E-state index in [0.29, 0.717) is 5.54 Å². The Balaban J connectivity index is 2.26. The molecule has 0 heterocycles. The first-order valence-corrected chi connectivity index (χ1v) is 7.44. The van der Waals surface area contributed by atoms with Gasteiger partial charge in [0.05, 0.1) is 0 Å². The van der Waals surface area contributed by atoms with Crippen LogP contribution in [0.5, 0.6) is 0 Å². The summed E-state index contributed by atoms with van der Waals surface area (Å²) in [6.45, 7) is 2.29. The Hall–Kier alpha value is 0.137. The van der Waals surface area contributed by atoms with E-state index in [4.69, 9.17) is 8.85 Å². The van der Waals surface area contributed by atoms with Crippen molar-refractivity contribution in [3.8, 4) is 0 Å². The van der Waals surface area contributed by atoms with Gasteiger partial charge in [0.1, 0.15) is 0 Å². The highest BCUT2D eigenvalue weighted by atomic mass is 28.3. The molecule has 0 aliphatic heterocycles. The molecule has 1 rings (SSSR count). The van der Waals surface area contributed by atoms with Crippen molar-refractivity contribution < 1.29 is 8.85 Å². The molecule has 0 spiro atoms. The standard InChI is InChI=1S/C11H24O2Si/c1-10(14(12-2)13-3)9-11-7-5-4-6-8-11/h10-11,14H,4-9H2,1-3H3. The summed E-state index contributed by atoms with van der Waals surface area (Å²) in [6.07, 6.45) is 8.49. The molecule has 0 aromatic carbocycles. The van der Waals surface area contributed by atoms with Crippen LogP contribution in [0.1, 0.15) is 45.4 Å². The van der Waals surface area contributed by atoms with Gasteiger partial charge in [-0.2, -0.15) is 0 Å². The van der Waals surface area contributed by atoms with Crippen LogP contribution in [-0.2, 0) is 8.85 Å². The predicted molar refractivity (Wildman–Crippen MR) is 61.8 cm³/mol. The van der Waals surface area contributed by atoms with Gasteiger partial charge in [0, 0.05) is 14.2 Å². The van der Waals surface area contributed by atoms with Crippen LogP contribution in [0.4, 0.5) is 0 Å². The van der Waals surface area contributed by atoms with Crippen LogP contribution in [0.15, 0.2) is 0 Å². The lowest BCUT2D eigenvalue weighted by Crippen LogP contribution is -2.26. The molecule has 84 valence electrons. The van der Waals surface area contributed by atoms with Crippen LogP contribution in [-0.4, -0.2) is 23.5 Å². The average molecular weight is 216 g/mol. The Morgan fingerprint density at radius 2 is 1.71 bits per heavy atom. The normalized spacial score (nSPS) is 21.4. The number of hydrogen-bond donors (Lipinski definition) is 0. The van der Waals surface area contributed by atoms with Gasteiger partial charge in [0.15, 0.2) is 0 Å². The Bertz CT molecular complexity index is 142. The maximum atomic E-state index is 5.42. The zero-order valence-electron chi connectivity index (χ0n) is 9.79. The van der Waals surface area contributed by atoms with Crippen LogP contribution in [0, 0.1) is 5.92 Å². The van der Waals surface area contributed by atoms with Gasteiger partial charge in [0.2, 0.25) is 0 Å². The van der Waals surface area contributed by atoms with Crippen LogP contribution in [0.2, 0.25) is 5.54 Å². The van der Waals surface area contributed by atoms with Crippen molar-refractivity contribution in [2.45, 2.75) is 51.0 Å². The zero-order chi connectivity index (χ0) is 10.4. The van der Waals surface area contributed by atoms with Gasteiger partial charge in [-0.15, -0.1) is 0 Å². The van der Waals surface area contributed by atoms with E-state index in [9.17, 15) is 0 Å². The fraction of sp³-hybridized carbons (Fsp3) is 1.00. The molecule has 0 aromatic heterocycles. The molecule has 1 unspecified atom stereocenters. The topological polar surface area (TPSA) is 18.5 Å². The molecule has 0 bridgehead atoms. The van der Waals surface area contributed by atoms with Crippen LogP contribution in [0.3, 0.4) is 0 Å². The van der Waals surface area contributed by atoms with Crippen molar-refractivity contribution in [2.24, 2.45) is 5.92 Å². The Morgan fingerprint density at radius 3 is 2.21 bits per heavy atom. The molecule has 1 atom stereocenters. The van der Waals surface area contributed by atoms with E-state index in [2.05, 4.69) is 6.92 Å². The lowest BCUT2D eigenvalue weighted by atomic mass is 9.86. The average Bonchev–Trinajstić information content (AvgIpc) is 2.21. The van der Waals surface area contributed by atoms with Gasteiger partial charge < -0.3 is 8.85 Å². The molecule has 0 amide bonds. The molecular weight excluding hydrogens is 192 g/mol. The van der Waals surface area contributed by atoms with Gasteiger partial charge in [-0.3, -0.25) is 0 Å². The van der Waals surface area contributed by atoms with E-state index in [1.54, 1.807) is 14.2 Å². The van der Waals surface area contributed by atoms with Crippen molar-refractivity contribution in [1.29, 1.82) is 0 Å². The summed E-state index contributed by atoms with van der Waals surface area (Å²) >= 11 is 0. The van der Waals surface area contributed by atoms with Gasteiger partial charge in [-0.05, 0) is 17.9 Å². The van der Waals surface area contributed by atoms with E-state index in [1.807, 2.05) is 0 Å². The zero-order valence-corrected chi connectivity index (χ0v) is 10.9. The molecule has 2 nitrogen and oxygen atoms in total. The molecule has 0 radical (unpaired) electrons. The minimum atomic E-state index is -1.36. The third kappa shape index (κ3) is 3.71. The van der Waals surface area contributed by atoms with E-state index >= 15 is 0 Å². The minimum Gasteiger partial charge on any atom is -0.400 e. The molecule has 1 aliphatic rings. The molecule has 0 saturated heterocycles. The van der Waals surface area contributed by atoms with Crippen molar-refractivity contribution in [3.63, 3.8) is 0 Å². The maximum Gasteiger partial charge on any atom is 0.323 e. The number of hydrogen-bond acceptors (Lipinski definition) is 2. The van der Waals surface area contributed by atoms with E-state index in [0.717, 1.165) is 5.92 Å². The van der Waals surface area contributed by atoms with E-state index in [-0.39, 0.29) is 0 Å². The summed E-state index contributed by atoms with van der Waals surface area (Å²) in [5.74, 6) is 0.944. The summed E-state index contributed by atoms with van der Waals surface area (Å²) < 4.78 is 10.8. The molecule has 14 heavy (non-hydrogen) atoms. The second-order valence-corrected chi connectivity index (χ2v) is 7.37. The van der Waals surface area contributed by atoms with Crippen molar-refractivity contribution >= 4 is 9.28 Å². The molecule has 1 aliphatic carbocycles. The van der Waals surface area contributed by atoms with Crippen LogP contribution >= 0.6 is 0 Å². The first-order valence-electron chi connectivity index (χ1n) is 5.83. The van der Waals surface area contributed by atoms with Gasteiger partial charge >= 0.3 is 9.28 Å². The number of rotatable bonds is 5. The first kappa shape index (κ1) is 12.2. The predicted octanol–water partition coefficient (Wildman–Crippen LogP) is 2.86. The van der Waals surface area contributed by atoms with Crippen LogP contribution < -0.4 is 0 Å². The Labute approximate surface area is 89.8 Å². The second kappa shape index (κ2) is 6.59. The van der Waals surface area contributed by atoms with Crippen molar-refractivity contribution in [1.82, 2.24) is 0 Å². The summed E-state index contributed by atoms with van der Waals surface area (Å²) in [7, 11) is 2.22. The Morgan fingerprint density at radius 1 is 1.14 bits per heavy atom. The largest absolute Gasteiger partial charge is 0.400 e. The maximum absolute atomic E-state index is 5.42. The summed E-state index contributed by atoms with van der Waals surface area (Å²) in [6, 6.07) is 0. The van der Waals surface area contributed by atoms with Crippen LogP contribution in [0.25, 0.3) is 0 Å². The van der Waals surface area contributed by atoms with Crippen molar-refractivity contribution in [3.05, 3.63) is 0 Å². The minimum absolute atomic E-state index is 0.660. The molecule has 1 saturated carbocycles. The molecule has 0 aromatic rings. The highest BCUT2D eigenvalue weighted by Gasteiger charge is 2.24. The molecule has 1 fully saturated rings. The molecule has 3 heteroatoms. The smallest absolute Gasteiger partial charge is 0.323 e. The summed E-state index contributed by atoms with van der Waals surface area (Å²) in [5, 5.41) is 0. The quantitative estimate of drug-likeness (QED) is 0.658. The van der Waals surface area contributed by atoms with Crippen molar-refractivity contribution in [2.75, 3.05) is 14.2 Å². The highest BCUT2D eigenvalue weighted by molar-refractivity contribution is 6.46. The fourth-order valence-electron chi connectivity index (χ4n) is 2.62. The highest BCUT2D eigenvalue weighted by Crippen LogP contribution is 2.32. The van der Waals surface area contributed by atoms with Gasteiger partial charge in [-0.1, -0.05) is 39.0 Å². The first-order chi connectivity index (χ1) is 6.77. The third-order valence-electron chi connectivity index (χ3n) is 3.36. The van der Waals surface area contributed by atoms with E-state index in [1.165, 1.54) is 38.5 Å². The lowest BCUT2D eigenvalue weighted by Gasteiger charge is -2.26. The monoisotopic (exact) mass is 216 g/mol. The summed E-state index contributed by atoms with van der Waals surface area (Å²) in [4.78, 5) is 0. The van der Waals surface area contributed by atoms with Gasteiger partial charge in [0.25, 0.3) is 0 Å². The lowest BCUT2D eigenvalue weighted by molar-refractivity contribution is 0.250. The summed E-state index contributed by atoms with van der Waals surface area (Å²) in [5.41, 5.74) is 0.660. The fourth-order valence-corrected chi connectivity index (χ4v) is 4.35. The second-order valence-electron chi connectivity index (χ2n) is 4.56. The van der Waals surface area contributed by atoms with Gasteiger partial charge in [-0.25, -0.2) is 0 Å².